The molecule has 164 valence electrons. The van der Waals surface area contributed by atoms with Crippen LogP contribution in [-0.4, -0.2) is 38.6 Å². The second-order valence-electron chi connectivity index (χ2n) is 7.81. The van der Waals surface area contributed by atoms with Crippen molar-refractivity contribution >= 4 is 0 Å². The van der Waals surface area contributed by atoms with Crippen LogP contribution in [0.15, 0.2) is 0 Å². The Morgan fingerprint density at radius 1 is 0.481 bits per heavy atom. The standard InChI is InChI=1S/C24H50O3/c1-5-9-12-15-20-25-21-18-24(17-14-11-7-3)27-22-19-23(26-8-4)16-13-10-6-2/h23-24H,5-22H2,1-4H3. The molecule has 0 heterocycles. The van der Waals surface area contributed by atoms with Gasteiger partial charge in [0.05, 0.1) is 12.2 Å². The fourth-order valence-corrected chi connectivity index (χ4v) is 3.42. The molecule has 0 saturated carbocycles. The molecule has 0 bridgehead atoms. The van der Waals surface area contributed by atoms with E-state index >= 15 is 0 Å². The fourth-order valence-electron chi connectivity index (χ4n) is 3.42. The Balaban J connectivity index is 4.02. The first-order valence-electron chi connectivity index (χ1n) is 12.1. The quantitative estimate of drug-likeness (QED) is 0.182. The number of rotatable bonds is 22. The van der Waals surface area contributed by atoms with Crippen molar-refractivity contribution < 1.29 is 14.2 Å². The van der Waals surface area contributed by atoms with E-state index in [1.54, 1.807) is 0 Å². The van der Waals surface area contributed by atoms with E-state index in [0.717, 1.165) is 39.3 Å². The summed E-state index contributed by atoms with van der Waals surface area (Å²) >= 11 is 0. The molecule has 0 N–H and O–H groups in total. The lowest BCUT2D eigenvalue weighted by Gasteiger charge is -2.21. The number of unbranched alkanes of at least 4 members (excludes halogenated alkanes) is 7. The van der Waals surface area contributed by atoms with Crippen LogP contribution >= 0.6 is 0 Å². The minimum absolute atomic E-state index is 0.352. The molecule has 0 spiro atoms. The summed E-state index contributed by atoms with van der Waals surface area (Å²) in [6.07, 6.45) is 17.9. The number of hydrogen-bond donors (Lipinski definition) is 0. The lowest BCUT2D eigenvalue weighted by atomic mass is 10.1. The minimum Gasteiger partial charge on any atom is -0.381 e. The van der Waals surface area contributed by atoms with Crippen LogP contribution in [0.2, 0.25) is 0 Å². The highest BCUT2D eigenvalue weighted by molar-refractivity contribution is 4.62. The van der Waals surface area contributed by atoms with Gasteiger partial charge in [-0.3, -0.25) is 0 Å². The van der Waals surface area contributed by atoms with Gasteiger partial charge >= 0.3 is 0 Å². The summed E-state index contributed by atoms with van der Waals surface area (Å²) in [6, 6.07) is 0. The Hall–Kier alpha value is -0.120. The van der Waals surface area contributed by atoms with E-state index in [1.807, 2.05) is 0 Å². The molecule has 0 fully saturated rings. The Bertz CT molecular complexity index is 270. The molecule has 0 rings (SSSR count). The van der Waals surface area contributed by atoms with Crippen molar-refractivity contribution in [3.05, 3.63) is 0 Å². The number of hydrogen-bond acceptors (Lipinski definition) is 3. The minimum atomic E-state index is 0.352. The Kier molecular flexibility index (Phi) is 22.1. The molecule has 3 nitrogen and oxygen atoms in total. The molecule has 27 heavy (non-hydrogen) atoms. The summed E-state index contributed by atoms with van der Waals surface area (Å²) in [6.45, 7) is 12.2. The van der Waals surface area contributed by atoms with E-state index in [0.29, 0.717) is 12.2 Å². The zero-order chi connectivity index (χ0) is 20.0. The van der Waals surface area contributed by atoms with Crippen molar-refractivity contribution in [1.29, 1.82) is 0 Å². The predicted molar refractivity (Wildman–Crippen MR) is 118 cm³/mol. The first-order chi connectivity index (χ1) is 13.3. The lowest BCUT2D eigenvalue weighted by Crippen LogP contribution is -2.21. The van der Waals surface area contributed by atoms with Crippen LogP contribution in [0, 0.1) is 0 Å². The zero-order valence-corrected chi connectivity index (χ0v) is 19.1. The molecular formula is C24H50O3. The maximum Gasteiger partial charge on any atom is 0.0597 e. The van der Waals surface area contributed by atoms with Gasteiger partial charge in [-0.25, -0.2) is 0 Å². The van der Waals surface area contributed by atoms with Gasteiger partial charge in [0.25, 0.3) is 0 Å². The van der Waals surface area contributed by atoms with E-state index in [1.165, 1.54) is 77.0 Å². The van der Waals surface area contributed by atoms with Gasteiger partial charge < -0.3 is 14.2 Å². The van der Waals surface area contributed by atoms with Gasteiger partial charge in [-0.05, 0) is 39.0 Å². The van der Waals surface area contributed by atoms with Crippen molar-refractivity contribution in [3.63, 3.8) is 0 Å². The van der Waals surface area contributed by atoms with E-state index in [-0.39, 0.29) is 0 Å². The first kappa shape index (κ1) is 26.9. The summed E-state index contributed by atoms with van der Waals surface area (Å²) in [5.74, 6) is 0. The molecule has 0 aromatic rings. The normalized spacial score (nSPS) is 13.8. The van der Waals surface area contributed by atoms with Crippen molar-refractivity contribution in [3.8, 4) is 0 Å². The second-order valence-corrected chi connectivity index (χ2v) is 7.81. The molecule has 2 atom stereocenters. The first-order valence-corrected chi connectivity index (χ1v) is 12.1. The van der Waals surface area contributed by atoms with Crippen LogP contribution in [0.3, 0.4) is 0 Å². The monoisotopic (exact) mass is 386 g/mol. The highest BCUT2D eigenvalue weighted by Crippen LogP contribution is 2.15. The fraction of sp³-hybridized carbons (Fsp3) is 1.00. The van der Waals surface area contributed by atoms with Crippen molar-refractivity contribution in [2.45, 2.75) is 130 Å². The average molecular weight is 387 g/mol. The summed E-state index contributed by atoms with van der Waals surface area (Å²) < 4.78 is 18.0. The maximum absolute atomic E-state index is 6.26. The Morgan fingerprint density at radius 2 is 1.04 bits per heavy atom. The highest BCUT2D eigenvalue weighted by atomic mass is 16.5. The largest absolute Gasteiger partial charge is 0.381 e. The second kappa shape index (κ2) is 22.2. The van der Waals surface area contributed by atoms with Crippen molar-refractivity contribution in [2.75, 3.05) is 26.4 Å². The van der Waals surface area contributed by atoms with Crippen LogP contribution in [-0.2, 0) is 14.2 Å². The van der Waals surface area contributed by atoms with Crippen LogP contribution < -0.4 is 0 Å². The van der Waals surface area contributed by atoms with Gasteiger partial charge in [0.15, 0.2) is 0 Å². The smallest absolute Gasteiger partial charge is 0.0597 e. The van der Waals surface area contributed by atoms with Crippen LogP contribution in [0.1, 0.15) is 118 Å². The van der Waals surface area contributed by atoms with Gasteiger partial charge in [0.2, 0.25) is 0 Å². The molecule has 3 heteroatoms. The molecule has 0 aliphatic heterocycles. The van der Waals surface area contributed by atoms with E-state index in [9.17, 15) is 0 Å². The van der Waals surface area contributed by atoms with Gasteiger partial charge in [0, 0.05) is 26.4 Å². The predicted octanol–water partition coefficient (Wildman–Crippen LogP) is 7.31. The summed E-state index contributed by atoms with van der Waals surface area (Å²) in [7, 11) is 0. The third-order valence-corrected chi connectivity index (χ3v) is 5.18. The highest BCUT2D eigenvalue weighted by Gasteiger charge is 2.12. The van der Waals surface area contributed by atoms with Gasteiger partial charge in [-0.1, -0.05) is 78.6 Å². The molecule has 0 aliphatic carbocycles. The Morgan fingerprint density at radius 3 is 1.63 bits per heavy atom. The van der Waals surface area contributed by atoms with Gasteiger partial charge in [-0.15, -0.1) is 0 Å². The zero-order valence-electron chi connectivity index (χ0n) is 19.1. The van der Waals surface area contributed by atoms with Crippen molar-refractivity contribution in [2.24, 2.45) is 0 Å². The van der Waals surface area contributed by atoms with Crippen molar-refractivity contribution in [1.82, 2.24) is 0 Å². The average Bonchev–Trinajstić information content (AvgIpc) is 2.67. The maximum atomic E-state index is 6.26. The van der Waals surface area contributed by atoms with E-state index in [2.05, 4.69) is 27.7 Å². The molecule has 0 aliphatic rings. The molecule has 0 radical (unpaired) electrons. The summed E-state index contributed by atoms with van der Waals surface area (Å²) in [5.41, 5.74) is 0. The molecule has 0 aromatic carbocycles. The Labute approximate surface area is 170 Å². The summed E-state index contributed by atoms with van der Waals surface area (Å²) in [4.78, 5) is 0. The SMILES string of the molecule is CCCCCCOCCC(CCCCC)OCCC(CCCCC)OCC. The molecule has 0 amide bonds. The van der Waals surface area contributed by atoms with E-state index in [4.69, 9.17) is 14.2 Å². The van der Waals surface area contributed by atoms with E-state index < -0.39 is 0 Å². The summed E-state index contributed by atoms with van der Waals surface area (Å²) in [5, 5.41) is 0. The van der Waals surface area contributed by atoms with Crippen LogP contribution in [0.5, 0.6) is 0 Å². The topological polar surface area (TPSA) is 27.7 Å². The number of ether oxygens (including phenoxy) is 3. The molecular weight excluding hydrogens is 336 g/mol. The van der Waals surface area contributed by atoms with Crippen LogP contribution in [0.4, 0.5) is 0 Å². The third kappa shape index (κ3) is 19.0. The molecule has 0 saturated heterocycles. The molecule has 0 aromatic heterocycles. The lowest BCUT2D eigenvalue weighted by molar-refractivity contribution is -0.0166. The third-order valence-electron chi connectivity index (χ3n) is 5.18. The molecule has 2 unspecified atom stereocenters. The van der Waals surface area contributed by atoms with Crippen LogP contribution in [0.25, 0.3) is 0 Å². The van der Waals surface area contributed by atoms with Gasteiger partial charge in [-0.2, -0.15) is 0 Å². The van der Waals surface area contributed by atoms with Gasteiger partial charge in [0.1, 0.15) is 0 Å².